The van der Waals surface area contributed by atoms with Crippen molar-refractivity contribution in [2.45, 2.75) is 91.0 Å². The van der Waals surface area contributed by atoms with Gasteiger partial charge in [-0.2, -0.15) is 0 Å². The largest absolute Gasteiger partial charge is 0.346 e. The first-order valence-corrected chi connectivity index (χ1v) is 15.6. The van der Waals surface area contributed by atoms with Gasteiger partial charge in [0.25, 0.3) is 0 Å². The highest BCUT2D eigenvalue weighted by Crippen LogP contribution is 2.29. The number of nitrogens with zero attached hydrogens (tertiary/aromatic N) is 2. The molecule has 41 heavy (non-hydrogen) atoms. The molecular formula is C35H58N4OS+2. The molecule has 5 nitrogen and oxygen atoms in total. The minimum Gasteiger partial charge on any atom is -0.346 e. The molecule has 2 atom stereocenters. The SMILES string of the molecule is C#C.C#C.C#C.CCCCC.C[NH2+][C@H](C)Cc1nc(C)sc1[C@H]1CC[NH2+]C1.O=CN1CCCCC1.c1ccccc1. The Morgan fingerprint density at radius 3 is 1.85 bits per heavy atom. The standard InChI is InChI=1S/C12H21N3S.C6H11NO.C6H6.C5H12.3C2H2/c1-8(13-3)6-11-12(16-9(2)15-11)10-4-5-14-7-10;8-6-7-4-2-1-3-5-7;1-2-4-6-5-3-1;1-3-5-4-2;3*1-2/h8,10,13-14H,4-7H2,1-3H3;6H,1-5H2;1-6H;3-5H2,1-2H3;3*1-2H/p+2/t8-,10+;;;;;;/m1....../s1. The Hall–Kier alpha value is -3.08. The average Bonchev–Trinajstić information content (AvgIpc) is 3.72. The fourth-order valence-corrected chi connectivity index (χ4v) is 5.23. The summed E-state index contributed by atoms with van der Waals surface area (Å²) >= 11 is 1.92. The number of terminal acetylenes is 3. The normalized spacial score (nSPS) is 15.2. The Morgan fingerprint density at radius 2 is 1.51 bits per heavy atom. The Bertz CT molecular complexity index is 820. The molecule has 2 fully saturated rings. The van der Waals surface area contributed by atoms with Crippen molar-refractivity contribution in [2.75, 3.05) is 33.2 Å². The van der Waals surface area contributed by atoms with Crippen LogP contribution in [0.15, 0.2) is 36.4 Å². The number of quaternary nitrogens is 2. The quantitative estimate of drug-likeness (QED) is 0.361. The monoisotopic (exact) mass is 582 g/mol. The molecule has 0 spiro atoms. The number of thiazole rings is 1. The summed E-state index contributed by atoms with van der Waals surface area (Å²) in [6.07, 6.45) is 35.2. The molecule has 1 aromatic carbocycles. The van der Waals surface area contributed by atoms with Crippen LogP contribution in [0.1, 0.15) is 87.2 Å². The lowest BCUT2D eigenvalue weighted by Crippen LogP contribution is -2.85. The zero-order chi connectivity index (χ0) is 31.7. The van der Waals surface area contributed by atoms with E-state index >= 15 is 0 Å². The minimum absolute atomic E-state index is 0.644. The van der Waals surface area contributed by atoms with Gasteiger partial charge in [0.15, 0.2) is 0 Å². The molecule has 4 N–H and O–H groups in total. The molecule has 2 saturated heterocycles. The van der Waals surface area contributed by atoms with Gasteiger partial charge < -0.3 is 15.5 Å². The van der Waals surface area contributed by atoms with Crippen LogP contribution in [0.3, 0.4) is 0 Å². The highest BCUT2D eigenvalue weighted by molar-refractivity contribution is 7.11. The van der Waals surface area contributed by atoms with Crippen molar-refractivity contribution in [2.24, 2.45) is 0 Å². The zero-order valence-electron chi connectivity index (χ0n) is 26.5. The Morgan fingerprint density at radius 1 is 1.00 bits per heavy atom. The number of nitrogens with two attached hydrogens (primary N) is 2. The van der Waals surface area contributed by atoms with Gasteiger partial charge in [-0.15, -0.1) is 49.9 Å². The van der Waals surface area contributed by atoms with E-state index in [1.165, 1.54) is 68.7 Å². The fraction of sp³-hybridized carbons (Fsp3) is 0.543. The minimum atomic E-state index is 0.644. The van der Waals surface area contributed by atoms with Gasteiger partial charge in [0.05, 0.1) is 36.9 Å². The number of aromatic nitrogens is 1. The molecule has 6 heteroatoms. The number of amides is 1. The van der Waals surface area contributed by atoms with E-state index in [0.29, 0.717) is 6.04 Å². The number of aryl methyl sites for hydroxylation is 1. The van der Waals surface area contributed by atoms with Gasteiger partial charge in [-0.1, -0.05) is 69.5 Å². The lowest BCUT2D eigenvalue weighted by atomic mass is 10.0. The van der Waals surface area contributed by atoms with Gasteiger partial charge in [-0.25, -0.2) is 4.98 Å². The predicted octanol–water partition coefficient (Wildman–Crippen LogP) is 4.89. The summed E-state index contributed by atoms with van der Waals surface area (Å²) in [6.45, 7) is 13.3. The number of unbranched alkanes of at least 4 members (excludes halogenated alkanes) is 2. The maximum Gasteiger partial charge on any atom is 0.209 e. The smallest absolute Gasteiger partial charge is 0.209 e. The molecule has 0 radical (unpaired) electrons. The number of likely N-dealkylation sites (N-methyl/N-ethyl adjacent to an activating group) is 1. The predicted molar refractivity (Wildman–Crippen MR) is 180 cm³/mol. The first-order chi connectivity index (χ1) is 20.0. The van der Waals surface area contributed by atoms with Crippen LogP contribution in [0.5, 0.6) is 0 Å². The third-order valence-corrected chi connectivity index (χ3v) is 7.55. The second kappa shape index (κ2) is 33.1. The van der Waals surface area contributed by atoms with Gasteiger partial charge in [0, 0.05) is 36.7 Å². The van der Waals surface area contributed by atoms with Crippen LogP contribution in [-0.2, 0) is 11.2 Å². The second-order valence-corrected chi connectivity index (χ2v) is 10.8. The summed E-state index contributed by atoms with van der Waals surface area (Å²) in [6, 6.07) is 12.6. The first-order valence-electron chi connectivity index (χ1n) is 14.8. The highest BCUT2D eigenvalue weighted by atomic mass is 32.1. The summed E-state index contributed by atoms with van der Waals surface area (Å²) < 4.78 is 0. The third kappa shape index (κ3) is 23.3. The molecule has 1 aromatic heterocycles. The van der Waals surface area contributed by atoms with Crippen molar-refractivity contribution >= 4 is 17.7 Å². The zero-order valence-corrected chi connectivity index (χ0v) is 27.3. The molecular weight excluding hydrogens is 524 g/mol. The fourth-order valence-electron chi connectivity index (χ4n) is 4.13. The molecule has 2 aromatic rings. The van der Waals surface area contributed by atoms with E-state index in [0.717, 1.165) is 31.8 Å². The van der Waals surface area contributed by atoms with Crippen molar-refractivity contribution in [3.8, 4) is 38.5 Å². The highest BCUT2D eigenvalue weighted by Gasteiger charge is 2.26. The first kappa shape index (κ1) is 42.4. The van der Waals surface area contributed by atoms with E-state index in [-0.39, 0.29) is 0 Å². The van der Waals surface area contributed by atoms with Crippen molar-refractivity contribution in [1.29, 1.82) is 0 Å². The number of likely N-dealkylation sites (tertiary alicyclic amines) is 1. The Kier molecular flexibility index (Phi) is 34.2. The molecule has 0 aliphatic carbocycles. The van der Waals surface area contributed by atoms with Gasteiger partial charge >= 0.3 is 0 Å². The molecule has 2 aliphatic heterocycles. The lowest BCUT2D eigenvalue weighted by molar-refractivity contribution is -0.659. The van der Waals surface area contributed by atoms with Gasteiger partial charge in [0.1, 0.15) is 0 Å². The number of benzene rings is 1. The van der Waals surface area contributed by atoms with Crippen LogP contribution in [-0.4, -0.2) is 55.6 Å². The molecule has 0 bridgehead atoms. The second-order valence-electron chi connectivity index (χ2n) is 9.57. The molecule has 3 heterocycles. The van der Waals surface area contributed by atoms with Crippen molar-refractivity contribution in [1.82, 2.24) is 9.88 Å². The van der Waals surface area contributed by atoms with Crippen molar-refractivity contribution < 1.29 is 15.4 Å². The van der Waals surface area contributed by atoms with E-state index in [2.05, 4.69) is 83.9 Å². The maximum absolute atomic E-state index is 10.1. The number of carbonyl (C=O) groups is 1. The molecule has 1 amide bonds. The molecule has 2 aliphatic rings. The Labute approximate surface area is 257 Å². The van der Waals surface area contributed by atoms with E-state index in [4.69, 9.17) is 4.98 Å². The number of carbonyl (C=O) groups excluding carboxylic acids is 1. The summed E-state index contributed by atoms with van der Waals surface area (Å²) in [5.74, 6) is 0.769. The van der Waals surface area contributed by atoms with Gasteiger partial charge in [0.2, 0.25) is 6.41 Å². The van der Waals surface area contributed by atoms with Gasteiger partial charge in [-0.3, -0.25) is 4.79 Å². The topological polar surface area (TPSA) is 66.4 Å². The van der Waals surface area contributed by atoms with Crippen LogP contribution in [0.2, 0.25) is 0 Å². The average molecular weight is 583 g/mol. The summed E-state index contributed by atoms with van der Waals surface area (Å²) in [5, 5.41) is 5.94. The maximum atomic E-state index is 10.1. The van der Waals surface area contributed by atoms with Crippen LogP contribution in [0, 0.1) is 45.5 Å². The number of piperidine rings is 1. The van der Waals surface area contributed by atoms with E-state index in [9.17, 15) is 4.79 Å². The summed E-state index contributed by atoms with van der Waals surface area (Å²) in [7, 11) is 2.15. The number of rotatable bonds is 7. The van der Waals surface area contributed by atoms with Crippen LogP contribution < -0.4 is 10.6 Å². The number of hydrogen-bond acceptors (Lipinski definition) is 3. The van der Waals surface area contributed by atoms with Crippen LogP contribution >= 0.6 is 11.3 Å². The van der Waals surface area contributed by atoms with Crippen LogP contribution in [0.4, 0.5) is 0 Å². The summed E-state index contributed by atoms with van der Waals surface area (Å²) in [4.78, 5) is 18.2. The molecule has 228 valence electrons. The third-order valence-electron chi connectivity index (χ3n) is 6.37. The number of hydrogen-bond donors (Lipinski definition) is 2. The molecule has 0 unspecified atom stereocenters. The van der Waals surface area contributed by atoms with Gasteiger partial charge in [-0.05, 0) is 33.1 Å². The summed E-state index contributed by atoms with van der Waals surface area (Å²) in [5.41, 5.74) is 1.37. The molecule has 4 rings (SSSR count). The van der Waals surface area contributed by atoms with E-state index in [1.54, 1.807) is 4.88 Å². The van der Waals surface area contributed by atoms with Crippen molar-refractivity contribution in [3.63, 3.8) is 0 Å². The Balaban J connectivity index is -0.000000487. The lowest BCUT2D eigenvalue weighted by Gasteiger charge is -2.21. The van der Waals surface area contributed by atoms with Crippen molar-refractivity contribution in [3.05, 3.63) is 52.0 Å². The van der Waals surface area contributed by atoms with E-state index in [1.807, 2.05) is 52.6 Å². The van der Waals surface area contributed by atoms with Crippen LogP contribution in [0.25, 0.3) is 0 Å². The van der Waals surface area contributed by atoms with E-state index < -0.39 is 0 Å². The molecule has 0 saturated carbocycles.